The number of benzene rings is 1. The van der Waals surface area contributed by atoms with E-state index in [1.807, 2.05) is 6.92 Å². The van der Waals surface area contributed by atoms with Crippen molar-refractivity contribution in [3.8, 4) is 0 Å². The van der Waals surface area contributed by atoms with Gasteiger partial charge in [-0.1, -0.05) is 5.16 Å². The number of rotatable bonds is 3. The van der Waals surface area contributed by atoms with Crippen LogP contribution in [0.15, 0.2) is 23.4 Å². The van der Waals surface area contributed by atoms with Crippen molar-refractivity contribution in [3.63, 3.8) is 0 Å². The van der Waals surface area contributed by atoms with Crippen molar-refractivity contribution in [3.05, 3.63) is 29.6 Å². The number of carbonyl (C=O) groups excluding carboxylic acids is 1. The third kappa shape index (κ3) is 2.87. The Morgan fingerprint density at radius 1 is 1.60 bits per heavy atom. The van der Waals surface area contributed by atoms with Crippen LogP contribution in [-0.2, 0) is 4.79 Å². The summed E-state index contributed by atoms with van der Waals surface area (Å²) in [5.41, 5.74) is 6.00. The summed E-state index contributed by atoms with van der Waals surface area (Å²) in [6.45, 7) is 1.88. The second-order valence-corrected chi connectivity index (χ2v) is 6.41. The second-order valence-electron chi connectivity index (χ2n) is 4.81. The molecule has 1 amide bonds. The maximum absolute atomic E-state index is 13.2. The largest absolute Gasteiger partial charge is 0.409 e. The maximum atomic E-state index is 13.2. The van der Waals surface area contributed by atoms with Crippen molar-refractivity contribution < 1.29 is 14.4 Å². The molecule has 2 rings (SSSR count). The number of nitrogens with two attached hydrogens (primary N) is 1. The number of amidine groups is 1. The van der Waals surface area contributed by atoms with E-state index in [1.165, 1.54) is 12.1 Å². The van der Waals surface area contributed by atoms with Crippen LogP contribution in [0.4, 0.5) is 10.1 Å². The Kier molecular flexibility index (Phi) is 4.17. The molecule has 0 aromatic heterocycles. The Balaban J connectivity index is 2.27. The van der Waals surface area contributed by atoms with Gasteiger partial charge in [-0.3, -0.25) is 4.79 Å². The van der Waals surface area contributed by atoms with E-state index in [2.05, 4.69) is 10.5 Å². The highest BCUT2D eigenvalue weighted by Gasteiger charge is 2.37. The molecule has 1 heterocycles. The molecule has 4 N–H and O–H groups in total. The third-order valence-corrected chi connectivity index (χ3v) is 4.83. The predicted molar refractivity (Wildman–Crippen MR) is 77.6 cm³/mol. The van der Waals surface area contributed by atoms with Gasteiger partial charge in [0, 0.05) is 5.56 Å². The number of amides is 1. The molecule has 1 aromatic carbocycles. The molecule has 5 nitrogen and oxygen atoms in total. The minimum absolute atomic E-state index is 0.154. The number of thioether (sulfide) groups is 1. The first-order chi connectivity index (χ1) is 9.46. The standard InChI is InChI=1S/C13H16FN3O2S/c1-13(5-2-6-20-13)12(18)16-10-4-3-8(14)7-9(10)11(15)17-19/h3-4,7,19H,2,5-6H2,1H3,(H2,15,17)(H,16,18). The van der Waals surface area contributed by atoms with Gasteiger partial charge < -0.3 is 16.3 Å². The number of hydrogen-bond donors (Lipinski definition) is 3. The fourth-order valence-electron chi connectivity index (χ4n) is 2.10. The van der Waals surface area contributed by atoms with Gasteiger partial charge in [0.15, 0.2) is 5.84 Å². The van der Waals surface area contributed by atoms with E-state index < -0.39 is 10.6 Å². The number of nitrogens with zero attached hydrogens (tertiary/aromatic N) is 1. The van der Waals surface area contributed by atoms with Crippen LogP contribution >= 0.6 is 11.8 Å². The molecular weight excluding hydrogens is 281 g/mol. The first-order valence-corrected chi connectivity index (χ1v) is 7.18. The lowest BCUT2D eigenvalue weighted by Gasteiger charge is -2.22. The van der Waals surface area contributed by atoms with E-state index in [4.69, 9.17) is 10.9 Å². The number of halogens is 1. The van der Waals surface area contributed by atoms with E-state index in [9.17, 15) is 9.18 Å². The molecule has 0 bridgehead atoms. The van der Waals surface area contributed by atoms with Crippen LogP contribution in [-0.4, -0.2) is 27.4 Å². The molecule has 0 radical (unpaired) electrons. The zero-order valence-electron chi connectivity index (χ0n) is 11.0. The molecule has 1 aromatic rings. The quantitative estimate of drug-likeness (QED) is 0.345. The average Bonchev–Trinajstić information content (AvgIpc) is 2.88. The highest BCUT2D eigenvalue weighted by Crippen LogP contribution is 2.38. The van der Waals surface area contributed by atoms with Gasteiger partial charge in [0.05, 0.1) is 10.4 Å². The lowest BCUT2D eigenvalue weighted by molar-refractivity contribution is -0.118. The Morgan fingerprint density at radius 2 is 2.35 bits per heavy atom. The fourth-order valence-corrected chi connectivity index (χ4v) is 3.31. The summed E-state index contributed by atoms with van der Waals surface area (Å²) in [5, 5.41) is 14.3. The minimum atomic E-state index is -0.522. The molecule has 0 aliphatic carbocycles. The molecule has 1 fully saturated rings. The van der Waals surface area contributed by atoms with E-state index in [-0.39, 0.29) is 17.3 Å². The third-order valence-electron chi connectivity index (χ3n) is 3.31. The summed E-state index contributed by atoms with van der Waals surface area (Å²) >= 11 is 1.60. The van der Waals surface area contributed by atoms with Crippen molar-refractivity contribution in [2.24, 2.45) is 10.9 Å². The normalized spacial score (nSPS) is 22.8. The summed E-state index contributed by atoms with van der Waals surface area (Å²) in [4.78, 5) is 12.3. The molecule has 1 atom stereocenters. The van der Waals surface area contributed by atoms with Gasteiger partial charge in [-0.25, -0.2) is 4.39 Å². The topological polar surface area (TPSA) is 87.7 Å². The van der Waals surface area contributed by atoms with Crippen LogP contribution in [0.3, 0.4) is 0 Å². The van der Waals surface area contributed by atoms with Crippen LogP contribution in [0, 0.1) is 5.82 Å². The molecule has 1 unspecified atom stereocenters. The Labute approximate surface area is 120 Å². The van der Waals surface area contributed by atoms with Crippen LogP contribution in [0.25, 0.3) is 0 Å². The number of anilines is 1. The molecule has 0 spiro atoms. The van der Waals surface area contributed by atoms with Gasteiger partial charge in [0.1, 0.15) is 5.82 Å². The molecule has 1 aliphatic heterocycles. The van der Waals surface area contributed by atoms with Crippen molar-refractivity contribution in [2.75, 3.05) is 11.1 Å². The molecule has 7 heteroatoms. The maximum Gasteiger partial charge on any atom is 0.240 e. The van der Waals surface area contributed by atoms with Crippen molar-refractivity contribution in [1.29, 1.82) is 0 Å². The average molecular weight is 297 g/mol. The molecule has 20 heavy (non-hydrogen) atoms. The molecule has 1 aliphatic rings. The summed E-state index contributed by atoms with van der Waals surface area (Å²) in [5.74, 6) is 0.0224. The van der Waals surface area contributed by atoms with E-state index in [0.717, 1.165) is 24.7 Å². The monoisotopic (exact) mass is 297 g/mol. The lowest BCUT2D eigenvalue weighted by atomic mass is 10.0. The lowest BCUT2D eigenvalue weighted by Crippen LogP contribution is -2.35. The molecule has 108 valence electrons. The molecular formula is C13H16FN3O2S. The number of nitrogens with one attached hydrogen (secondary N) is 1. The van der Waals surface area contributed by atoms with Crippen LogP contribution in [0.1, 0.15) is 25.3 Å². The van der Waals surface area contributed by atoms with E-state index >= 15 is 0 Å². The number of carbonyl (C=O) groups is 1. The predicted octanol–water partition coefficient (Wildman–Crippen LogP) is 2.14. The summed E-state index contributed by atoms with van der Waals surface area (Å²) in [6.07, 6.45) is 1.79. The smallest absolute Gasteiger partial charge is 0.240 e. The second kappa shape index (κ2) is 5.70. The van der Waals surface area contributed by atoms with Crippen LogP contribution < -0.4 is 11.1 Å². The van der Waals surface area contributed by atoms with Crippen molar-refractivity contribution in [2.45, 2.75) is 24.5 Å². The van der Waals surface area contributed by atoms with Gasteiger partial charge in [-0.2, -0.15) is 0 Å². The zero-order valence-corrected chi connectivity index (χ0v) is 11.8. The highest BCUT2D eigenvalue weighted by molar-refractivity contribution is 8.01. The Morgan fingerprint density at radius 3 is 2.95 bits per heavy atom. The van der Waals surface area contributed by atoms with Crippen LogP contribution in [0.5, 0.6) is 0 Å². The first-order valence-electron chi connectivity index (χ1n) is 6.19. The number of oxime groups is 1. The Hall–Kier alpha value is -1.76. The van der Waals surface area contributed by atoms with Gasteiger partial charge in [-0.15, -0.1) is 11.8 Å². The first kappa shape index (κ1) is 14.6. The summed E-state index contributed by atoms with van der Waals surface area (Å²) < 4.78 is 12.8. The fraction of sp³-hybridized carbons (Fsp3) is 0.385. The summed E-state index contributed by atoms with van der Waals surface area (Å²) in [6, 6.07) is 3.74. The van der Waals surface area contributed by atoms with Crippen LogP contribution in [0.2, 0.25) is 0 Å². The SMILES string of the molecule is CC1(C(=O)Nc2ccc(F)cc2/C(N)=N/O)CCCS1. The highest BCUT2D eigenvalue weighted by atomic mass is 32.2. The van der Waals surface area contributed by atoms with Gasteiger partial charge >= 0.3 is 0 Å². The van der Waals surface area contributed by atoms with E-state index in [1.54, 1.807) is 11.8 Å². The van der Waals surface area contributed by atoms with Gasteiger partial charge in [0.2, 0.25) is 5.91 Å². The van der Waals surface area contributed by atoms with E-state index in [0.29, 0.717) is 5.69 Å². The van der Waals surface area contributed by atoms with Crippen molar-refractivity contribution >= 4 is 29.2 Å². The molecule has 0 saturated carbocycles. The minimum Gasteiger partial charge on any atom is -0.409 e. The zero-order chi connectivity index (χ0) is 14.8. The summed E-state index contributed by atoms with van der Waals surface area (Å²) in [7, 11) is 0. The molecule has 1 saturated heterocycles. The van der Waals surface area contributed by atoms with Gasteiger partial charge in [-0.05, 0) is 43.7 Å². The number of hydrogen-bond acceptors (Lipinski definition) is 4. The Bertz CT molecular complexity index is 557. The van der Waals surface area contributed by atoms with Gasteiger partial charge in [0.25, 0.3) is 0 Å². The van der Waals surface area contributed by atoms with Crippen molar-refractivity contribution in [1.82, 2.24) is 0 Å².